The van der Waals surface area contributed by atoms with E-state index in [-0.39, 0.29) is 5.91 Å². The lowest BCUT2D eigenvalue weighted by Crippen LogP contribution is -2.14. The Hall–Kier alpha value is -2.69. The highest BCUT2D eigenvalue weighted by Gasteiger charge is 2.04. The molecule has 0 radical (unpaired) electrons. The van der Waals surface area contributed by atoms with Crippen LogP contribution in [0.25, 0.3) is 5.65 Å². The molecule has 0 fully saturated rings. The lowest BCUT2D eigenvalue weighted by molar-refractivity contribution is -0.115. The number of pyridine rings is 1. The van der Waals surface area contributed by atoms with Crippen LogP contribution in [0.1, 0.15) is 5.56 Å². The summed E-state index contributed by atoms with van der Waals surface area (Å²) in [5.41, 5.74) is 2.47. The Morgan fingerprint density at radius 3 is 2.84 bits per heavy atom. The van der Waals surface area contributed by atoms with Gasteiger partial charge >= 0.3 is 0 Å². The van der Waals surface area contributed by atoms with Gasteiger partial charge in [-0.25, -0.2) is 0 Å². The number of rotatable bonds is 3. The minimum Gasteiger partial charge on any atom is -0.324 e. The summed E-state index contributed by atoms with van der Waals surface area (Å²) < 4.78 is 1.76. The van der Waals surface area contributed by atoms with Gasteiger partial charge in [-0.1, -0.05) is 30.3 Å². The fourth-order valence-corrected chi connectivity index (χ4v) is 1.89. The van der Waals surface area contributed by atoms with Crippen molar-refractivity contribution in [2.24, 2.45) is 0 Å². The molecule has 0 bridgehead atoms. The predicted octanol–water partition coefficient (Wildman–Crippen LogP) is 1.91. The van der Waals surface area contributed by atoms with Crippen LogP contribution in [-0.2, 0) is 11.2 Å². The number of carbonyl (C=O) groups excluding carboxylic acids is 1. The summed E-state index contributed by atoms with van der Waals surface area (Å²) in [6, 6.07) is 13.3. The van der Waals surface area contributed by atoms with E-state index in [1.807, 2.05) is 42.5 Å². The Kier molecular flexibility index (Phi) is 2.94. The molecule has 5 nitrogen and oxygen atoms in total. The van der Waals surface area contributed by atoms with Crippen molar-refractivity contribution >= 4 is 17.2 Å². The zero-order valence-corrected chi connectivity index (χ0v) is 10.2. The molecular formula is C14H12N4O. The van der Waals surface area contributed by atoms with E-state index in [1.165, 1.54) is 0 Å². The molecule has 3 aromatic rings. The van der Waals surface area contributed by atoms with E-state index >= 15 is 0 Å². The number of nitrogens with one attached hydrogen (secondary N) is 1. The summed E-state index contributed by atoms with van der Waals surface area (Å²) in [4.78, 5) is 11.9. The third-order valence-corrected chi connectivity index (χ3v) is 2.78. The van der Waals surface area contributed by atoms with Crippen LogP contribution in [0.2, 0.25) is 0 Å². The average molecular weight is 252 g/mol. The standard InChI is InChI=1S/C14H12N4O/c19-14(8-11-4-2-1-3-5-11)16-12-6-7-13-17-15-10-18(13)9-12/h1-7,9-10H,8H2,(H,16,19). The van der Waals surface area contributed by atoms with E-state index in [1.54, 1.807) is 16.9 Å². The molecule has 3 rings (SSSR count). The first kappa shape index (κ1) is 11.4. The second-order valence-electron chi connectivity index (χ2n) is 4.22. The van der Waals surface area contributed by atoms with Crippen LogP contribution in [0, 0.1) is 0 Å². The van der Waals surface area contributed by atoms with Crippen molar-refractivity contribution in [1.82, 2.24) is 14.6 Å². The SMILES string of the molecule is O=C(Cc1ccccc1)Nc1ccc2nncn2c1. The van der Waals surface area contributed by atoms with Crippen LogP contribution in [0.15, 0.2) is 55.0 Å². The molecule has 0 aliphatic rings. The van der Waals surface area contributed by atoms with Crippen molar-refractivity contribution in [1.29, 1.82) is 0 Å². The molecule has 0 saturated heterocycles. The highest BCUT2D eigenvalue weighted by molar-refractivity contribution is 5.92. The molecule has 5 heteroatoms. The van der Waals surface area contributed by atoms with Crippen molar-refractivity contribution in [3.63, 3.8) is 0 Å². The molecule has 1 aromatic carbocycles. The van der Waals surface area contributed by atoms with Crippen molar-refractivity contribution in [2.45, 2.75) is 6.42 Å². The lowest BCUT2D eigenvalue weighted by atomic mass is 10.1. The van der Waals surface area contributed by atoms with Gasteiger partial charge < -0.3 is 5.32 Å². The number of hydrogen-bond acceptors (Lipinski definition) is 3. The van der Waals surface area contributed by atoms with Crippen LogP contribution in [-0.4, -0.2) is 20.5 Å². The molecule has 1 N–H and O–H groups in total. The Bertz CT molecular complexity index is 706. The summed E-state index contributed by atoms with van der Waals surface area (Å²) in [5.74, 6) is -0.0429. The monoisotopic (exact) mass is 252 g/mol. The largest absolute Gasteiger partial charge is 0.324 e. The second kappa shape index (κ2) is 4.89. The van der Waals surface area contributed by atoms with Gasteiger partial charge in [0.1, 0.15) is 6.33 Å². The summed E-state index contributed by atoms with van der Waals surface area (Å²) in [7, 11) is 0. The number of anilines is 1. The van der Waals surface area contributed by atoms with Gasteiger partial charge in [-0.3, -0.25) is 9.20 Å². The highest BCUT2D eigenvalue weighted by Crippen LogP contribution is 2.09. The maximum Gasteiger partial charge on any atom is 0.228 e. The van der Waals surface area contributed by atoms with E-state index in [2.05, 4.69) is 15.5 Å². The average Bonchev–Trinajstić information content (AvgIpc) is 2.87. The summed E-state index contributed by atoms with van der Waals surface area (Å²) >= 11 is 0. The normalized spacial score (nSPS) is 10.5. The first-order chi connectivity index (χ1) is 9.31. The molecule has 0 aliphatic heterocycles. The van der Waals surface area contributed by atoms with Gasteiger partial charge in [0.2, 0.25) is 5.91 Å². The third kappa shape index (κ3) is 2.60. The summed E-state index contributed by atoms with van der Waals surface area (Å²) in [6.07, 6.45) is 3.75. The minimum atomic E-state index is -0.0429. The molecule has 0 atom stereocenters. The molecule has 94 valence electrons. The molecule has 0 unspecified atom stereocenters. The maximum atomic E-state index is 11.9. The fourth-order valence-electron chi connectivity index (χ4n) is 1.89. The zero-order chi connectivity index (χ0) is 13.1. The van der Waals surface area contributed by atoms with E-state index < -0.39 is 0 Å². The highest BCUT2D eigenvalue weighted by atomic mass is 16.1. The van der Waals surface area contributed by atoms with Gasteiger partial charge in [-0.15, -0.1) is 10.2 Å². The second-order valence-corrected chi connectivity index (χ2v) is 4.22. The smallest absolute Gasteiger partial charge is 0.228 e. The number of aromatic nitrogens is 3. The first-order valence-corrected chi connectivity index (χ1v) is 5.94. The molecule has 0 aliphatic carbocycles. The van der Waals surface area contributed by atoms with E-state index in [0.29, 0.717) is 6.42 Å². The zero-order valence-electron chi connectivity index (χ0n) is 10.2. The van der Waals surface area contributed by atoms with Gasteiger partial charge in [0.25, 0.3) is 0 Å². The van der Waals surface area contributed by atoms with Gasteiger partial charge in [-0.05, 0) is 17.7 Å². The van der Waals surface area contributed by atoms with E-state index in [0.717, 1.165) is 16.9 Å². The number of carbonyl (C=O) groups is 1. The minimum absolute atomic E-state index is 0.0429. The quantitative estimate of drug-likeness (QED) is 0.774. The summed E-state index contributed by atoms with van der Waals surface area (Å²) in [5, 5.41) is 10.6. The number of fused-ring (bicyclic) bond motifs is 1. The van der Waals surface area contributed by atoms with Gasteiger partial charge in [0, 0.05) is 6.20 Å². The van der Waals surface area contributed by atoms with E-state index in [4.69, 9.17) is 0 Å². The van der Waals surface area contributed by atoms with Crippen molar-refractivity contribution in [2.75, 3.05) is 5.32 Å². The van der Waals surface area contributed by atoms with Crippen LogP contribution < -0.4 is 5.32 Å². The van der Waals surface area contributed by atoms with Gasteiger partial charge in [0.15, 0.2) is 5.65 Å². The fraction of sp³-hybridized carbons (Fsp3) is 0.0714. The molecule has 0 saturated carbocycles. The summed E-state index contributed by atoms with van der Waals surface area (Å²) in [6.45, 7) is 0. The number of benzene rings is 1. The Morgan fingerprint density at radius 2 is 2.00 bits per heavy atom. The topological polar surface area (TPSA) is 59.3 Å². The van der Waals surface area contributed by atoms with E-state index in [9.17, 15) is 4.79 Å². The number of amides is 1. The lowest BCUT2D eigenvalue weighted by Gasteiger charge is -2.05. The molecular weight excluding hydrogens is 240 g/mol. The molecule has 1 amide bonds. The van der Waals surface area contributed by atoms with Crippen molar-refractivity contribution in [3.8, 4) is 0 Å². The molecule has 2 aromatic heterocycles. The predicted molar refractivity (Wildman–Crippen MR) is 71.8 cm³/mol. The van der Waals surface area contributed by atoms with Crippen LogP contribution in [0.5, 0.6) is 0 Å². The first-order valence-electron chi connectivity index (χ1n) is 5.94. The van der Waals surface area contributed by atoms with Crippen LogP contribution in [0.4, 0.5) is 5.69 Å². The number of nitrogens with zero attached hydrogens (tertiary/aromatic N) is 3. The van der Waals surface area contributed by atoms with Crippen LogP contribution >= 0.6 is 0 Å². The molecule has 2 heterocycles. The van der Waals surface area contributed by atoms with Crippen molar-refractivity contribution in [3.05, 3.63) is 60.6 Å². The maximum absolute atomic E-state index is 11.9. The Labute approximate surface area is 109 Å². The van der Waals surface area contributed by atoms with Crippen LogP contribution in [0.3, 0.4) is 0 Å². The third-order valence-electron chi connectivity index (χ3n) is 2.78. The Balaban J connectivity index is 1.72. The van der Waals surface area contributed by atoms with Gasteiger partial charge in [0.05, 0.1) is 12.1 Å². The van der Waals surface area contributed by atoms with Gasteiger partial charge in [-0.2, -0.15) is 0 Å². The Morgan fingerprint density at radius 1 is 1.16 bits per heavy atom. The van der Waals surface area contributed by atoms with Crippen molar-refractivity contribution < 1.29 is 4.79 Å². The molecule has 19 heavy (non-hydrogen) atoms. The number of hydrogen-bond donors (Lipinski definition) is 1. The molecule has 0 spiro atoms.